The average molecular weight is 383 g/mol. The third-order valence-electron chi connectivity index (χ3n) is 4.81. The van der Waals surface area contributed by atoms with Crippen molar-refractivity contribution in [3.63, 3.8) is 0 Å². The molecule has 0 saturated carbocycles. The Labute approximate surface area is 162 Å². The van der Waals surface area contributed by atoms with Gasteiger partial charge in [0, 0.05) is 5.02 Å². The Bertz CT molecular complexity index is 664. The van der Waals surface area contributed by atoms with Gasteiger partial charge in [-0.3, -0.25) is 0 Å². The lowest BCUT2D eigenvalue weighted by molar-refractivity contribution is 0.000564. The van der Waals surface area contributed by atoms with Crippen LogP contribution in [0.1, 0.15) is 60.5 Å². The van der Waals surface area contributed by atoms with Gasteiger partial charge in [0.05, 0.1) is 23.4 Å². The van der Waals surface area contributed by atoms with Crippen LogP contribution >= 0.6 is 11.6 Å². The molecule has 0 aliphatic carbocycles. The molecule has 0 unspecified atom stereocenters. The first-order valence-electron chi connectivity index (χ1n) is 8.96. The predicted molar refractivity (Wildman–Crippen MR) is 106 cm³/mol. The highest BCUT2D eigenvalue weighted by atomic mass is 35.5. The van der Waals surface area contributed by atoms with Gasteiger partial charge in [-0.25, -0.2) is 4.39 Å². The second-order valence-corrected chi connectivity index (χ2v) is 9.07. The molecule has 1 aromatic rings. The summed E-state index contributed by atoms with van der Waals surface area (Å²) in [6, 6.07) is 7.16. The Hall–Kier alpha value is -0.875. The second kappa shape index (κ2) is 7.63. The quantitative estimate of drug-likeness (QED) is 0.597. The van der Waals surface area contributed by atoms with Gasteiger partial charge >= 0.3 is 7.12 Å². The lowest BCUT2D eigenvalue weighted by atomic mass is 9.82. The van der Waals surface area contributed by atoms with Crippen molar-refractivity contribution in [2.24, 2.45) is 0 Å². The van der Waals surface area contributed by atoms with Crippen LogP contribution in [0.15, 0.2) is 30.0 Å². The van der Waals surface area contributed by atoms with Crippen LogP contribution in [-0.4, -0.2) is 30.5 Å². The van der Waals surface area contributed by atoms with Crippen molar-refractivity contribution in [3.8, 4) is 0 Å². The summed E-state index contributed by atoms with van der Waals surface area (Å²) in [6.07, 6.45) is 0.396. The maximum atomic E-state index is 15.4. The maximum Gasteiger partial charge on any atom is 0.525 e. The van der Waals surface area contributed by atoms with Gasteiger partial charge in [0.1, 0.15) is 5.73 Å². The minimum absolute atomic E-state index is 0.291. The number of hydrogen-bond acceptors (Lipinski definition) is 3. The van der Waals surface area contributed by atoms with Crippen molar-refractivity contribution >= 4 is 24.3 Å². The number of benzene rings is 1. The molecule has 1 aromatic carbocycles. The molecular weight excluding hydrogens is 353 g/mol. The highest BCUT2D eigenvalue weighted by Crippen LogP contribution is 2.40. The summed E-state index contributed by atoms with van der Waals surface area (Å²) in [5.41, 5.74) is -0.714. The zero-order valence-electron chi connectivity index (χ0n) is 16.8. The van der Waals surface area contributed by atoms with Crippen molar-refractivity contribution in [2.45, 2.75) is 71.7 Å². The lowest BCUT2D eigenvalue weighted by Crippen LogP contribution is -2.41. The lowest BCUT2D eigenvalue weighted by Gasteiger charge is -2.32. The van der Waals surface area contributed by atoms with E-state index in [1.54, 1.807) is 18.2 Å². The number of halogens is 2. The molecule has 1 aliphatic heterocycles. The molecule has 1 fully saturated rings. The maximum absolute atomic E-state index is 15.4. The Balaban J connectivity index is 2.34. The molecule has 0 spiro atoms. The third-order valence-corrected chi connectivity index (χ3v) is 5.04. The van der Waals surface area contributed by atoms with Crippen LogP contribution < -0.4 is 0 Å². The fourth-order valence-electron chi connectivity index (χ4n) is 2.63. The van der Waals surface area contributed by atoms with E-state index in [-0.39, 0.29) is 5.60 Å². The molecule has 0 bridgehead atoms. The zero-order chi connectivity index (χ0) is 19.8. The molecule has 0 aromatic heterocycles. The SMILES string of the molecule is CC(C)(C)OCCC(=C(F)B1OC(C)(C)C(C)(C)O1)c1cccc(Cl)c1. The Kier molecular flexibility index (Phi) is 6.29. The van der Waals surface area contributed by atoms with E-state index in [1.165, 1.54) is 0 Å². The molecule has 2 rings (SSSR count). The van der Waals surface area contributed by atoms with E-state index in [9.17, 15) is 0 Å². The van der Waals surface area contributed by atoms with Gasteiger partial charge in [0.2, 0.25) is 0 Å². The summed E-state index contributed by atoms with van der Waals surface area (Å²) in [5.74, 6) is 0. The Morgan fingerprint density at radius 1 is 1.15 bits per heavy atom. The van der Waals surface area contributed by atoms with Crippen LogP contribution in [0.2, 0.25) is 5.02 Å². The van der Waals surface area contributed by atoms with Crippen molar-refractivity contribution < 1.29 is 18.4 Å². The molecule has 1 aliphatic rings. The minimum atomic E-state index is -1.04. The Morgan fingerprint density at radius 3 is 2.23 bits per heavy atom. The molecular formula is C20H29BClFO3. The first kappa shape index (κ1) is 21.4. The van der Waals surface area contributed by atoms with Crippen LogP contribution in [0, 0.1) is 0 Å². The molecule has 0 amide bonds. The molecule has 26 heavy (non-hydrogen) atoms. The molecule has 0 N–H and O–H groups in total. The van der Waals surface area contributed by atoms with Gasteiger partial charge in [0.15, 0.2) is 0 Å². The molecule has 0 radical (unpaired) electrons. The summed E-state index contributed by atoms with van der Waals surface area (Å²) in [5, 5.41) is 0.554. The molecule has 1 saturated heterocycles. The van der Waals surface area contributed by atoms with E-state index < -0.39 is 24.0 Å². The van der Waals surface area contributed by atoms with E-state index in [2.05, 4.69) is 0 Å². The van der Waals surface area contributed by atoms with Crippen molar-refractivity contribution in [1.29, 1.82) is 0 Å². The minimum Gasteiger partial charge on any atom is -0.398 e. The van der Waals surface area contributed by atoms with E-state index in [4.69, 9.17) is 25.6 Å². The van der Waals surface area contributed by atoms with Gasteiger partial charge < -0.3 is 14.0 Å². The van der Waals surface area contributed by atoms with Crippen molar-refractivity contribution in [3.05, 3.63) is 40.6 Å². The third kappa shape index (κ3) is 5.10. The zero-order valence-corrected chi connectivity index (χ0v) is 17.5. The molecule has 0 atom stereocenters. The highest BCUT2D eigenvalue weighted by molar-refractivity contribution is 6.55. The number of ether oxygens (including phenoxy) is 1. The largest absolute Gasteiger partial charge is 0.525 e. The molecule has 3 nitrogen and oxygen atoms in total. The molecule has 144 valence electrons. The topological polar surface area (TPSA) is 27.7 Å². The second-order valence-electron chi connectivity index (χ2n) is 8.64. The average Bonchev–Trinajstić information content (AvgIpc) is 2.70. The first-order valence-corrected chi connectivity index (χ1v) is 9.34. The standard InChI is InChI=1S/C20H29BClFO3/c1-18(2,3)24-12-11-16(14-9-8-10-15(22)13-14)17(23)21-25-19(4,5)20(6,7)26-21/h8-10,13H,11-12H2,1-7H3. The van der Waals surface area contributed by atoms with E-state index in [1.807, 2.05) is 54.5 Å². The monoisotopic (exact) mass is 382 g/mol. The summed E-state index contributed by atoms with van der Waals surface area (Å²) >= 11 is 6.11. The number of rotatable bonds is 5. The van der Waals surface area contributed by atoms with Crippen molar-refractivity contribution in [1.82, 2.24) is 0 Å². The highest BCUT2D eigenvalue weighted by Gasteiger charge is 2.53. The van der Waals surface area contributed by atoms with E-state index in [0.29, 0.717) is 29.2 Å². The Morgan fingerprint density at radius 2 is 1.73 bits per heavy atom. The predicted octanol–water partition coefficient (Wildman–Crippen LogP) is 5.86. The summed E-state index contributed by atoms with van der Waals surface area (Å²) in [7, 11) is -1.04. The van der Waals surface area contributed by atoms with Gasteiger partial charge in [-0.15, -0.1) is 0 Å². The normalized spacial score (nSPS) is 20.3. The van der Waals surface area contributed by atoms with Gasteiger partial charge in [-0.2, -0.15) is 0 Å². The molecule has 1 heterocycles. The van der Waals surface area contributed by atoms with Gasteiger partial charge in [-0.05, 0) is 78.2 Å². The van der Waals surface area contributed by atoms with Crippen LogP contribution in [0.25, 0.3) is 5.57 Å². The number of hydrogen-bond donors (Lipinski definition) is 0. The smallest absolute Gasteiger partial charge is 0.398 e. The summed E-state index contributed by atoms with van der Waals surface area (Å²) < 4.78 is 33.0. The van der Waals surface area contributed by atoms with Crippen LogP contribution in [0.4, 0.5) is 4.39 Å². The van der Waals surface area contributed by atoms with Crippen molar-refractivity contribution in [2.75, 3.05) is 6.61 Å². The van der Waals surface area contributed by atoms with E-state index in [0.717, 1.165) is 0 Å². The van der Waals surface area contributed by atoms with Crippen LogP contribution in [-0.2, 0) is 14.0 Å². The first-order chi connectivity index (χ1) is 11.8. The summed E-state index contributed by atoms with van der Waals surface area (Å²) in [6.45, 7) is 13.9. The fourth-order valence-corrected chi connectivity index (χ4v) is 2.82. The summed E-state index contributed by atoms with van der Waals surface area (Å²) in [4.78, 5) is 0. The molecule has 6 heteroatoms. The van der Waals surface area contributed by atoms with Gasteiger partial charge in [0.25, 0.3) is 0 Å². The van der Waals surface area contributed by atoms with Crippen LogP contribution in [0.5, 0.6) is 0 Å². The fraction of sp³-hybridized carbons (Fsp3) is 0.600. The van der Waals surface area contributed by atoms with E-state index >= 15 is 4.39 Å². The van der Waals surface area contributed by atoms with Gasteiger partial charge in [-0.1, -0.05) is 23.7 Å². The van der Waals surface area contributed by atoms with Crippen LogP contribution in [0.3, 0.4) is 0 Å².